The third-order valence-electron chi connectivity index (χ3n) is 1.36. The second kappa shape index (κ2) is 19.2. The van der Waals surface area contributed by atoms with Gasteiger partial charge in [0.25, 0.3) is 0 Å². The molecule has 0 saturated heterocycles. The first-order chi connectivity index (χ1) is 7.66. The van der Waals surface area contributed by atoms with Gasteiger partial charge in [0, 0.05) is 0 Å². The SMILES string of the molecule is [Cl][Co][Cl].[NH3+]CP(=O)([O-])C[NH3+].[NH3+]CP(=O)([O-])C[NH3+].[OH3+].[OH3+]. The Morgan fingerprint density at radius 3 is 0.895 bits per heavy atom. The Balaban J connectivity index is -0.0000000525. The van der Waals surface area contributed by atoms with E-state index in [0.717, 1.165) is 0 Å². The zero-order valence-electron chi connectivity index (χ0n) is 10.4. The van der Waals surface area contributed by atoms with E-state index in [4.69, 9.17) is 20.3 Å². The van der Waals surface area contributed by atoms with Crippen LogP contribution >= 0.6 is 35.0 Å². The summed E-state index contributed by atoms with van der Waals surface area (Å²) in [5, 5.41) is 0. The van der Waals surface area contributed by atoms with Gasteiger partial charge in [-0.3, -0.25) is 0 Å². The Morgan fingerprint density at radius 1 is 0.789 bits per heavy atom. The molecule has 0 unspecified atom stereocenters. The summed E-state index contributed by atoms with van der Waals surface area (Å²) in [6.07, 6.45) is -0.0694. The Morgan fingerprint density at radius 2 is 0.895 bits per heavy atom. The van der Waals surface area contributed by atoms with Crippen LogP contribution in [0, 0.1) is 0 Å². The Hall–Kier alpha value is 1.23. The number of halogens is 2. The zero-order valence-corrected chi connectivity index (χ0v) is 14.8. The fraction of sp³-hybridized carbons (Fsp3) is 1.00. The molecule has 0 aromatic rings. The van der Waals surface area contributed by atoms with Crippen molar-refractivity contribution in [1.29, 1.82) is 0 Å². The van der Waals surface area contributed by atoms with E-state index in [1.165, 1.54) is 0 Å². The predicted octanol–water partition coefficient (Wildman–Crippen LogP) is -6.42. The van der Waals surface area contributed by atoms with Crippen LogP contribution in [0.25, 0.3) is 0 Å². The summed E-state index contributed by atoms with van der Waals surface area (Å²) in [5.41, 5.74) is 12.9. The number of rotatable bonds is 4. The van der Waals surface area contributed by atoms with E-state index < -0.39 is 14.7 Å². The van der Waals surface area contributed by atoms with E-state index in [-0.39, 0.29) is 36.1 Å². The van der Waals surface area contributed by atoms with Gasteiger partial charge in [-0.25, -0.2) is 0 Å². The van der Waals surface area contributed by atoms with E-state index in [0.29, 0.717) is 12.9 Å². The normalized spacial score (nSPS) is 9.89. The van der Waals surface area contributed by atoms with Gasteiger partial charge in [0.05, 0.1) is 0 Å². The molecule has 0 radical (unpaired) electrons. The molecule has 0 aliphatic heterocycles. The largest absolute Gasteiger partial charge is 0.791 e. The molecule has 127 valence electrons. The average Bonchev–Trinajstić information content (AvgIpc) is 2.31. The van der Waals surface area contributed by atoms with Gasteiger partial charge in [0.15, 0.2) is 0 Å². The molecule has 10 nitrogen and oxygen atoms in total. The molecule has 0 aromatic heterocycles. The van der Waals surface area contributed by atoms with Crippen LogP contribution in [-0.2, 0) is 33.0 Å². The van der Waals surface area contributed by atoms with E-state index in [1.54, 1.807) is 0 Å². The molecule has 15 heteroatoms. The monoisotopic (exact) mass is 417 g/mol. The number of hydrogen-bond acceptors (Lipinski definition) is 4. The van der Waals surface area contributed by atoms with Crippen molar-refractivity contribution >= 4 is 35.0 Å². The number of quaternary nitrogens is 4. The van der Waals surface area contributed by atoms with Gasteiger partial charge in [0.2, 0.25) is 0 Å². The molecule has 0 aromatic carbocycles. The van der Waals surface area contributed by atoms with Crippen molar-refractivity contribution in [2.75, 3.05) is 25.1 Å². The molecule has 0 bridgehead atoms. The van der Waals surface area contributed by atoms with E-state index >= 15 is 0 Å². The summed E-state index contributed by atoms with van der Waals surface area (Å²) in [6.45, 7) is 0. The van der Waals surface area contributed by atoms with Crippen molar-refractivity contribution in [3.63, 3.8) is 0 Å². The third-order valence-corrected chi connectivity index (χ3v) is 4.09. The minimum Gasteiger partial charge on any atom is -0.791 e. The van der Waals surface area contributed by atoms with E-state index in [9.17, 15) is 18.9 Å². The predicted molar refractivity (Wildman–Crippen MR) is 67.7 cm³/mol. The van der Waals surface area contributed by atoms with E-state index in [1.807, 2.05) is 0 Å². The Bertz CT molecular complexity index is 225. The molecule has 0 rings (SSSR count). The molecule has 19 heavy (non-hydrogen) atoms. The van der Waals surface area contributed by atoms with Crippen molar-refractivity contribution in [3.05, 3.63) is 0 Å². The molecule has 0 aliphatic carbocycles. The van der Waals surface area contributed by atoms with Crippen LogP contribution in [0.1, 0.15) is 0 Å². The quantitative estimate of drug-likeness (QED) is 0.256. The molecule has 0 spiro atoms. The van der Waals surface area contributed by atoms with E-state index in [2.05, 4.69) is 22.9 Å². The van der Waals surface area contributed by atoms with Crippen molar-refractivity contribution < 1.29 is 65.7 Å². The fourth-order valence-corrected chi connectivity index (χ4v) is 0.671. The summed E-state index contributed by atoms with van der Waals surface area (Å²) in [7, 11) is 3.21. The Kier molecular flexibility index (Phi) is 32.6. The standard InChI is InChI=1S/2C2H9N2O2P.2ClH.Co.2H2O/c2*3-1-7(5,6)2-4;;;;;/h2*1-4H2,(H,5,6);2*1H;;2*1H2/q;;;;+2;;/p+2. The van der Waals surface area contributed by atoms with Crippen molar-refractivity contribution in [1.82, 2.24) is 0 Å². The smallest absolute Gasteiger partial charge is 0.122 e. The molecule has 0 amide bonds. The van der Waals surface area contributed by atoms with Gasteiger partial charge < -0.3 is 52.8 Å². The molecule has 0 atom stereocenters. The minimum absolute atomic E-state index is 0. The molecule has 0 heterocycles. The van der Waals surface area contributed by atoms with Gasteiger partial charge in [-0.15, -0.1) is 0 Å². The first-order valence-electron chi connectivity index (χ1n) is 4.25. The van der Waals surface area contributed by atoms with Gasteiger partial charge in [-0.1, -0.05) is 0 Å². The van der Waals surface area contributed by atoms with Crippen LogP contribution < -0.4 is 32.7 Å². The van der Waals surface area contributed by atoms with Crippen LogP contribution in [0.2, 0.25) is 0 Å². The first kappa shape index (κ1) is 32.2. The van der Waals surface area contributed by atoms with Crippen molar-refractivity contribution in [2.24, 2.45) is 0 Å². The molecular weight excluding hydrogens is 392 g/mol. The second-order valence-corrected chi connectivity index (χ2v) is 9.34. The van der Waals surface area contributed by atoms with Crippen molar-refractivity contribution in [2.45, 2.75) is 0 Å². The van der Waals surface area contributed by atoms with Crippen LogP contribution in [0.4, 0.5) is 0 Å². The summed E-state index contributed by atoms with van der Waals surface area (Å²) < 4.78 is 20.5. The Labute approximate surface area is 126 Å². The summed E-state index contributed by atoms with van der Waals surface area (Å²) in [4.78, 5) is 20.5. The molecule has 0 fully saturated rings. The molecule has 0 aliphatic rings. The maximum atomic E-state index is 10.3. The second-order valence-electron chi connectivity index (χ2n) is 2.57. The van der Waals surface area contributed by atoms with Gasteiger partial charge in [-0.2, -0.15) is 0 Å². The molecule has 18 N–H and O–H groups in total. The van der Waals surface area contributed by atoms with Gasteiger partial charge >= 0.3 is 33.2 Å². The fourth-order valence-electron chi connectivity index (χ4n) is 0.224. The van der Waals surface area contributed by atoms with Gasteiger partial charge in [-0.05, 0) is 0 Å². The maximum Gasteiger partial charge on any atom is 0.122 e. The van der Waals surface area contributed by atoms with Gasteiger partial charge in [0.1, 0.15) is 39.9 Å². The van der Waals surface area contributed by atoms with Crippen LogP contribution in [0.3, 0.4) is 0 Å². The topological polar surface area (TPSA) is 257 Å². The zero-order chi connectivity index (χ0) is 14.5. The first-order valence-corrected chi connectivity index (χ1v) is 11.1. The van der Waals surface area contributed by atoms with Crippen LogP contribution in [0.15, 0.2) is 0 Å². The van der Waals surface area contributed by atoms with Crippen LogP contribution in [-0.4, -0.2) is 25.1 Å². The van der Waals surface area contributed by atoms with Crippen LogP contribution in [0.5, 0.6) is 0 Å². The molecule has 0 saturated carbocycles. The summed E-state index contributed by atoms with van der Waals surface area (Å²) >= 11 is 0.382. The minimum atomic E-state index is -3.13. The van der Waals surface area contributed by atoms with Crippen molar-refractivity contribution in [3.8, 4) is 0 Å². The summed E-state index contributed by atoms with van der Waals surface area (Å²) in [5.74, 6) is 0. The average molecular weight is 418 g/mol. The molecular formula is C4H26Cl2CoN4O6P2+4. The number of hydrogen-bond donors (Lipinski definition) is 4. The summed E-state index contributed by atoms with van der Waals surface area (Å²) in [6, 6.07) is 0. The third kappa shape index (κ3) is 32.6. The maximum absolute atomic E-state index is 10.3.